The highest BCUT2D eigenvalue weighted by Gasteiger charge is 2.17. The molecule has 6 heteroatoms. The summed E-state index contributed by atoms with van der Waals surface area (Å²) in [4.78, 5) is 4.12. The molecule has 17 heavy (non-hydrogen) atoms. The van der Waals surface area contributed by atoms with Gasteiger partial charge in [0.1, 0.15) is 5.52 Å². The van der Waals surface area contributed by atoms with Gasteiger partial charge < -0.3 is 4.18 Å². The topological polar surface area (TPSA) is 59.5 Å². The first-order valence-corrected chi connectivity index (χ1v) is 6.33. The van der Waals surface area contributed by atoms with Crippen LogP contribution in [0.3, 0.4) is 0 Å². The fourth-order valence-electron chi connectivity index (χ4n) is 1.33. The maximum Gasteiger partial charge on any atom is 0.384 e. The largest absolute Gasteiger partial charge is 0.384 e. The van der Waals surface area contributed by atoms with Crippen molar-refractivity contribution in [3.8, 4) is 5.75 Å². The molecule has 1 aromatic carbocycles. The van der Waals surface area contributed by atoms with E-state index in [9.17, 15) is 8.42 Å². The standard InChI is InChI=1S/C11H12N2O3S/c1-13(2)17(14,15)16-10-7-3-5-9-6-4-8-12-11(9)10/h3-8H,1-2H3. The first-order chi connectivity index (χ1) is 8.00. The van der Waals surface area contributed by atoms with Gasteiger partial charge in [0.05, 0.1) is 0 Å². The number of pyridine rings is 1. The third kappa shape index (κ3) is 2.37. The van der Waals surface area contributed by atoms with E-state index in [0.717, 1.165) is 9.69 Å². The van der Waals surface area contributed by atoms with Crippen LogP contribution in [0.1, 0.15) is 0 Å². The predicted octanol–water partition coefficient (Wildman–Crippen LogP) is 1.42. The van der Waals surface area contributed by atoms with Gasteiger partial charge in [0.2, 0.25) is 0 Å². The monoisotopic (exact) mass is 252 g/mol. The minimum absolute atomic E-state index is 0.233. The summed E-state index contributed by atoms with van der Waals surface area (Å²) in [5.41, 5.74) is 0.528. The fraction of sp³-hybridized carbons (Fsp3) is 0.182. The lowest BCUT2D eigenvalue weighted by molar-refractivity contribution is 0.423. The molecule has 90 valence electrons. The summed E-state index contributed by atoms with van der Waals surface area (Å²) in [6.45, 7) is 0. The van der Waals surface area contributed by atoms with Crippen LogP contribution < -0.4 is 4.18 Å². The molecule has 2 rings (SSSR count). The molecule has 0 aliphatic carbocycles. The van der Waals surface area contributed by atoms with Gasteiger partial charge >= 0.3 is 10.3 Å². The van der Waals surface area contributed by atoms with E-state index in [2.05, 4.69) is 4.98 Å². The quantitative estimate of drug-likeness (QED) is 0.829. The Morgan fingerprint density at radius 1 is 1.18 bits per heavy atom. The number of aromatic nitrogens is 1. The van der Waals surface area contributed by atoms with Crippen molar-refractivity contribution in [3.05, 3.63) is 36.5 Å². The van der Waals surface area contributed by atoms with Crippen LogP contribution in [0.5, 0.6) is 5.75 Å². The van der Waals surface area contributed by atoms with Crippen LogP contribution in [0.25, 0.3) is 10.9 Å². The Morgan fingerprint density at radius 2 is 1.88 bits per heavy atom. The summed E-state index contributed by atoms with van der Waals surface area (Å²) in [7, 11) is -0.928. The molecule has 2 aromatic rings. The molecule has 0 radical (unpaired) electrons. The number of fused-ring (bicyclic) bond motifs is 1. The van der Waals surface area contributed by atoms with Crippen LogP contribution in [-0.4, -0.2) is 31.8 Å². The highest BCUT2D eigenvalue weighted by molar-refractivity contribution is 7.84. The zero-order valence-electron chi connectivity index (χ0n) is 9.49. The fourth-order valence-corrected chi connectivity index (χ4v) is 1.84. The number of hydrogen-bond acceptors (Lipinski definition) is 4. The van der Waals surface area contributed by atoms with Crippen molar-refractivity contribution in [1.29, 1.82) is 0 Å². The Hall–Kier alpha value is -1.66. The molecule has 1 aromatic heterocycles. The molecule has 0 saturated carbocycles. The van der Waals surface area contributed by atoms with Gasteiger partial charge in [-0.3, -0.25) is 4.98 Å². The molecular weight excluding hydrogens is 240 g/mol. The Bertz CT molecular complexity index is 633. The summed E-state index contributed by atoms with van der Waals surface area (Å²) in [5, 5.41) is 0.832. The predicted molar refractivity (Wildman–Crippen MR) is 65.0 cm³/mol. The summed E-state index contributed by atoms with van der Waals surface area (Å²) >= 11 is 0. The molecular formula is C11H12N2O3S. The lowest BCUT2D eigenvalue weighted by atomic mass is 10.2. The molecule has 0 spiro atoms. The second-order valence-corrected chi connectivity index (χ2v) is 5.41. The third-order valence-corrected chi connectivity index (χ3v) is 3.52. The van der Waals surface area contributed by atoms with E-state index < -0.39 is 10.3 Å². The molecule has 0 aliphatic heterocycles. The van der Waals surface area contributed by atoms with E-state index in [1.807, 2.05) is 12.1 Å². The average molecular weight is 252 g/mol. The minimum atomic E-state index is -3.75. The third-order valence-electron chi connectivity index (χ3n) is 2.24. The van der Waals surface area contributed by atoms with Crippen molar-refractivity contribution >= 4 is 21.2 Å². The molecule has 0 atom stereocenters. The number of hydrogen-bond donors (Lipinski definition) is 0. The van der Waals surface area contributed by atoms with Crippen molar-refractivity contribution in [2.75, 3.05) is 14.1 Å². The van der Waals surface area contributed by atoms with Crippen LogP contribution in [-0.2, 0) is 10.3 Å². The summed E-state index contributed by atoms with van der Waals surface area (Å²) in [5.74, 6) is 0.233. The molecule has 0 bridgehead atoms. The normalized spacial score (nSPS) is 11.9. The van der Waals surface area contributed by atoms with Crippen molar-refractivity contribution in [2.45, 2.75) is 0 Å². The Morgan fingerprint density at radius 3 is 2.59 bits per heavy atom. The van der Waals surface area contributed by atoms with E-state index in [4.69, 9.17) is 4.18 Å². The van der Waals surface area contributed by atoms with Crippen LogP contribution in [0.2, 0.25) is 0 Å². The maximum absolute atomic E-state index is 11.6. The zero-order valence-corrected chi connectivity index (χ0v) is 10.3. The van der Waals surface area contributed by atoms with Crippen LogP contribution >= 0.6 is 0 Å². The van der Waals surface area contributed by atoms with E-state index in [1.54, 1.807) is 24.4 Å². The van der Waals surface area contributed by atoms with Gasteiger partial charge in [-0.15, -0.1) is 0 Å². The van der Waals surface area contributed by atoms with Gasteiger partial charge in [-0.1, -0.05) is 18.2 Å². The smallest absolute Gasteiger partial charge is 0.368 e. The van der Waals surface area contributed by atoms with Gasteiger partial charge in [0.15, 0.2) is 5.75 Å². The van der Waals surface area contributed by atoms with Gasteiger partial charge in [-0.05, 0) is 12.1 Å². The highest BCUT2D eigenvalue weighted by Crippen LogP contribution is 2.24. The molecule has 0 amide bonds. The number of nitrogens with zero attached hydrogens (tertiary/aromatic N) is 2. The van der Waals surface area contributed by atoms with Gasteiger partial charge in [-0.2, -0.15) is 12.7 Å². The van der Waals surface area contributed by atoms with Crippen molar-refractivity contribution < 1.29 is 12.6 Å². The second-order valence-electron chi connectivity index (χ2n) is 3.65. The lowest BCUT2D eigenvalue weighted by Crippen LogP contribution is -2.27. The Labute approximate surface area is 99.9 Å². The van der Waals surface area contributed by atoms with Crippen molar-refractivity contribution in [2.24, 2.45) is 0 Å². The lowest BCUT2D eigenvalue weighted by Gasteiger charge is -2.12. The molecule has 5 nitrogen and oxygen atoms in total. The SMILES string of the molecule is CN(C)S(=O)(=O)Oc1cccc2cccnc12. The summed E-state index contributed by atoms with van der Waals surface area (Å²) in [6.07, 6.45) is 1.59. The van der Waals surface area contributed by atoms with Crippen molar-refractivity contribution in [3.63, 3.8) is 0 Å². The molecule has 0 fully saturated rings. The molecule has 1 heterocycles. The molecule has 0 aliphatic rings. The first-order valence-electron chi connectivity index (χ1n) is 4.96. The van der Waals surface area contributed by atoms with Crippen LogP contribution in [0, 0.1) is 0 Å². The minimum Gasteiger partial charge on any atom is -0.368 e. The number of rotatable bonds is 3. The number of benzene rings is 1. The molecule has 0 saturated heterocycles. The van der Waals surface area contributed by atoms with Crippen LogP contribution in [0.4, 0.5) is 0 Å². The highest BCUT2D eigenvalue weighted by atomic mass is 32.2. The van der Waals surface area contributed by atoms with E-state index in [1.165, 1.54) is 14.1 Å². The van der Waals surface area contributed by atoms with E-state index in [0.29, 0.717) is 5.52 Å². The molecule has 0 N–H and O–H groups in total. The first kappa shape index (κ1) is 11.8. The Balaban J connectivity index is 2.50. The van der Waals surface area contributed by atoms with Gasteiger partial charge in [0, 0.05) is 25.7 Å². The zero-order chi connectivity index (χ0) is 12.5. The van der Waals surface area contributed by atoms with Crippen LogP contribution in [0.15, 0.2) is 36.5 Å². The second kappa shape index (κ2) is 4.31. The average Bonchev–Trinajstić information content (AvgIpc) is 2.29. The van der Waals surface area contributed by atoms with Gasteiger partial charge in [-0.25, -0.2) is 0 Å². The number of para-hydroxylation sites is 1. The van der Waals surface area contributed by atoms with E-state index in [-0.39, 0.29) is 5.75 Å². The Kier molecular flexibility index (Phi) is 2.99. The summed E-state index contributed by atoms with van der Waals surface area (Å²) < 4.78 is 29.3. The van der Waals surface area contributed by atoms with Crippen molar-refractivity contribution in [1.82, 2.24) is 9.29 Å². The summed E-state index contributed by atoms with van der Waals surface area (Å²) in [6, 6.07) is 8.78. The maximum atomic E-state index is 11.6. The van der Waals surface area contributed by atoms with E-state index >= 15 is 0 Å². The van der Waals surface area contributed by atoms with Gasteiger partial charge in [0.25, 0.3) is 0 Å². The molecule has 0 unspecified atom stereocenters.